The van der Waals surface area contributed by atoms with Crippen LogP contribution in [0.5, 0.6) is 0 Å². The number of carbonyl (C=O) groups excluding carboxylic acids is 3. The summed E-state index contributed by atoms with van der Waals surface area (Å²) in [5.41, 5.74) is -0.0901. The van der Waals surface area contributed by atoms with E-state index < -0.39 is 17.8 Å². The maximum atomic E-state index is 11.7. The fourth-order valence-corrected chi connectivity index (χ4v) is 1.81. The van der Waals surface area contributed by atoms with Crippen LogP contribution in [-0.4, -0.2) is 17.8 Å². The summed E-state index contributed by atoms with van der Waals surface area (Å²) in [5.74, 6) is -2.99. The molecule has 1 aromatic carbocycles. The first-order chi connectivity index (χ1) is 8.43. The first-order valence-corrected chi connectivity index (χ1v) is 5.44. The van der Waals surface area contributed by atoms with Gasteiger partial charge >= 0.3 is 0 Å². The molecule has 0 N–H and O–H groups in total. The highest BCUT2D eigenvalue weighted by Crippen LogP contribution is 2.31. The number of hydrogen-bond acceptors (Lipinski definition) is 4. The number of halogens is 2. The molecule has 92 valence electrons. The minimum absolute atomic E-state index is 0.0699. The van der Waals surface area contributed by atoms with E-state index in [2.05, 4.69) is 0 Å². The zero-order valence-corrected chi connectivity index (χ0v) is 10.2. The number of nitrogens with zero attached hydrogens (tertiary/aromatic N) is 1. The molecule has 7 heteroatoms. The Kier molecular flexibility index (Phi) is 3.11. The summed E-state index contributed by atoms with van der Waals surface area (Å²) in [5, 5.41) is 9.92. The zero-order chi connectivity index (χ0) is 13.4. The fourth-order valence-electron chi connectivity index (χ4n) is 1.48. The quantitative estimate of drug-likeness (QED) is 0.746. The normalized spacial score (nSPS) is 15.6. The minimum Gasteiger partial charge on any atom is -0.545 e. The molecule has 0 spiro atoms. The van der Waals surface area contributed by atoms with Gasteiger partial charge in [0.15, 0.2) is 0 Å². The summed E-state index contributed by atoms with van der Waals surface area (Å²) in [6.07, 6.45) is 0. The number of rotatable bonds is 2. The Morgan fingerprint density at radius 1 is 1.11 bits per heavy atom. The van der Waals surface area contributed by atoms with E-state index in [1.807, 2.05) is 0 Å². The second-order valence-corrected chi connectivity index (χ2v) is 4.17. The predicted molar refractivity (Wildman–Crippen MR) is 62.0 cm³/mol. The maximum absolute atomic E-state index is 11.7. The van der Waals surface area contributed by atoms with Crippen molar-refractivity contribution in [3.05, 3.63) is 39.9 Å². The van der Waals surface area contributed by atoms with Crippen molar-refractivity contribution in [2.75, 3.05) is 4.90 Å². The molecule has 0 saturated carbocycles. The van der Waals surface area contributed by atoms with Crippen LogP contribution in [0.1, 0.15) is 10.4 Å². The van der Waals surface area contributed by atoms with Gasteiger partial charge < -0.3 is 9.90 Å². The van der Waals surface area contributed by atoms with Gasteiger partial charge in [0, 0.05) is 0 Å². The summed E-state index contributed by atoms with van der Waals surface area (Å²) >= 11 is 11.1. The van der Waals surface area contributed by atoms with Crippen molar-refractivity contribution in [3.8, 4) is 0 Å². The van der Waals surface area contributed by atoms with E-state index in [1.54, 1.807) is 0 Å². The van der Waals surface area contributed by atoms with Gasteiger partial charge in [0.1, 0.15) is 10.1 Å². The van der Waals surface area contributed by atoms with Gasteiger partial charge in [0.05, 0.1) is 11.7 Å². The lowest BCUT2D eigenvalue weighted by atomic mass is 10.2. The summed E-state index contributed by atoms with van der Waals surface area (Å²) < 4.78 is 0. The highest BCUT2D eigenvalue weighted by Gasteiger charge is 2.37. The van der Waals surface area contributed by atoms with E-state index in [0.717, 1.165) is 6.07 Å². The Morgan fingerprint density at radius 3 is 2.17 bits per heavy atom. The van der Waals surface area contributed by atoms with E-state index in [-0.39, 0.29) is 21.3 Å². The molecule has 0 fully saturated rings. The van der Waals surface area contributed by atoms with Crippen molar-refractivity contribution in [2.24, 2.45) is 0 Å². The van der Waals surface area contributed by atoms with Gasteiger partial charge in [-0.25, -0.2) is 4.90 Å². The van der Waals surface area contributed by atoms with Gasteiger partial charge in [-0.2, -0.15) is 0 Å². The Labute approximate surface area is 111 Å². The molecule has 1 aliphatic rings. The lowest BCUT2D eigenvalue weighted by molar-refractivity contribution is -0.255. The molecular formula is C11H4Cl2NO4-. The van der Waals surface area contributed by atoms with Gasteiger partial charge in [0.2, 0.25) is 0 Å². The van der Waals surface area contributed by atoms with E-state index in [0.29, 0.717) is 4.90 Å². The third-order valence-corrected chi connectivity index (χ3v) is 3.11. The van der Waals surface area contributed by atoms with Crippen molar-refractivity contribution in [1.29, 1.82) is 0 Å². The summed E-state index contributed by atoms with van der Waals surface area (Å²) in [7, 11) is 0. The number of imide groups is 1. The number of carbonyl (C=O) groups is 3. The van der Waals surface area contributed by atoms with Crippen LogP contribution in [0.3, 0.4) is 0 Å². The fraction of sp³-hybridized carbons (Fsp3) is 0. The number of benzene rings is 1. The van der Waals surface area contributed by atoms with Gasteiger partial charge in [-0.3, -0.25) is 9.59 Å². The molecule has 2 amide bonds. The minimum atomic E-state index is -1.42. The molecule has 0 aromatic heterocycles. The maximum Gasteiger partial charge on any atom is 0.278 e. The smallest absolute Gasteiger partial charge is 0.278 e. The largest absolute Gasteiger partial charge is 0.545 e. The number of anilines is 1. The molecule has 5 nitrogen and oxygen atoms in total. The van der Waals surface area contributed by atoms with Gasteiger partial charge in [-0.05, 0) is 17.7 Å². The molecule has 18 heavy (non-hydrogen) atoms. The van der Waals surface area contributed by atoms with Gasteiger partial charge in [0.25, 0.3) is 11.8 Å². The molecule has 0 aliphatic carbocycles. The van der Waals surface area contributed by atoms with Crippen LogP contribution < -0.4 is 10.0 Å². The highest BCUT2D eigenvalue weighted by molar-refractivity contribution is 6.62. The third kappa shape index (κ3) is 1.87. The van der Waals surface area contributed by atoms with Crippen LogP contribution >= 0.6 is 23.2 Å². The topological polar surface area (TPSA) is 77.5 Å². The number of amides is 2. The van der Waals surface area contributed by atoms with Crippen LogP contribution in [0.25, 0.3) is 0 Å². The van der Waals surface area contributed by atoms with E-state index in [4.69, 9.17) is 23.2 Å². The van der Waals surface area contributed by atoms with E-state index in [1.165, 1.54) is 18.2 Å². The molecule has 0 unspecified atom stereocenters. The number of aromatic carboxylic acids is 1. The SMILES string of the molecule is O=C([O-])c1cccc(N2C(=O)C(Cl)=C(Cl)C2=O)c1. The predicted octanol–water partition coefficient (Wildman–Crippen LogP) is 0.612. The molecule has 2 rings (SSSR count). The van der Waals surface area contributed by atoms with Crippen molar-refractivity contribution < 1.29 is 19.5 Å². The average Bonchev–Trinajstić information content (AvgIpc) is 2.54. The number of hydrogen-bond donors (Lipinski definition) is 0. The summed E-state index contributed by atoms with van der Waals surface area (Å²) in [4.78, 5) is 34.8. The van der Waals surface area contributed by atoms with Crippen molar-refractivity contribution in [3.63, 3.8) is 0 Å². The molecule has 1 aromatic rings. The van der Waals surface area contributed by atoms with E-state index in [9.17, 15) is 19.5 Å². The van der Waals surface area contributed by atoms with Gasteiger partial charge in [-0.1, -0.05) is 35.3 Å². The zero-order valence-electron chi connectivity index (χ0n) is 8.65. The molecule has 0 radical (unpaired) electrons. The first kappa shape index (κ1) is 12.6. The summed E-state index contributed by atoms with van der Waals surface area (Å²) in [6, 6.07) is 5.17. The first-order valence-electron chi connectivity index (χ1n) is 4.69. The Morgan fingerprint density at radius 2 is 1.67 bits per heavy atom. The number of carboxylic acid groups (broad SMARTS) is 1. The van der Waals surface area contributed by atoms with Gasteiger partial charge in [-0.15, -0.1) is 0 Å². The lowest BCUT2D eigenvalue weighted by Crippen LogP contribution is -2.31. The van der Waals surface area contributed by atoms with E-state index >= 15 is 0 Å². The van der Waals surface area contributed by atoms with Crippen molar-refractivity contribution >= 4 is 46.7 Å². The Hall–Kier alpha value is -1.85. The average molecular weight is 285 g/mol. The molecule has 0 saturated heterocycles. The van der Waals surface area contributed by atoms with Crippen LogP contribution in [-0.2, 0) is 9.59 Å². The van der Waals surface area contributed by atoms with Crippen molar-refractivity contribution in [1.82, 2.24) is 0 Å². The molecule has 0 bridgehead atoms. The molecule has 0 atom stereocenters. The second kappa shape index (κ2) is 4.44. The second-order valence-electron chi connectivity index (χ2n) is 3.41. The highest BCUT2D eigenvalue weighted by atomic mass is 35.5. The van der Waals surface area contributed by atoms with Crippen molar-refractivity contribution in [2.45, 2.75) is 0 Å². The third-order valence-electron chi connectivity index (χ3n) is 2.31. The Balaban J connectivity index is 2.46. The molecule has 1 aliphatic heterocycles. The Bertz CT molecular complexity index is 585. The number of carboxylic acids is 1. The van der Waals surface area contributed by atoms with Crippen LogP contribution in [0, 0.1) is 0 Å². The standard InChI is InChI=1S/C11H5Cl2NO4/c12-7-8(13)10(16)14(9(7)15)6-3-1-2-5(4-6)11(17)18/h1-4H,(H,17,18)/p-1. The van der Waals surface area contributed by atoms with Crippen LogP contribution in [0.15, 0.2) is 34.3 Å². The molecular weight excluding hydrogens is 281 g/mol. The monoisotopic (exact) mass is 284 g/mol. The van der Waals surface area contributed by atoms with Crippen LogP contribution in [0.2, 0.25) is 0 Å². The van der Waals surface area contributed by atoms with Crippen LogP contribution in [0.4, 0.5) is 5.69 Å². The lowest BCUT2D eigenvalue weighted by Gasteiger charge is -2.15. The molecule has 1 heterocycles. The summed E-state index contributed by atoms with van der Waals surface area (Å²) in [6.45, 7) is 0.